The molecular weight excluding hydrogens is 496 g/mol. The first-order chi connectivity index (χ1) is 19.1. The van der Waals surface area contributed by atoms with Gasteiger partial charge in [0.15, 0.2) is 0 Å². The van der Waals surface area contributed by atoms with Crippen LogP contribution in [0.2, 0.25) is 0 Å². The van der Waals surface area contributed by atoms with Crippen LogP contribution < -0.4 is 10.8 Å². The van der Waals surface area contributed by atoms with Gasteiger partial charge in [0, 0.05) is 29.5 Å². The summed E-state index contributed by atoms with van der Waals surface area (Å²) in [6, 6.07) is 26.1. The van der Waals surface area contributed by atoms with Crippen molar-refractivity contribution in [1.82, 2.24) is 10.8 Å². The highest BCUT2D eigenvalue weighted by Gasteiger charge is 2.24. The number of allylic oxidation sites excluding steroid dienone is 1. The third-order valence-electron chi connectivity index (χ3n) is 6.29. The minimum atomic E-state index is -0.595. The Bertz CT molecular complexity index is 1350. The normalized spacial score (nSPS) is 12.9. The van der Waals surface area contributed by atoms with E-state index in [1.807, 2.05) is 84.9 Å². The van der Waals surface area contributed by atoms with Crippen LogP contribution in [0.25, 0.3) is 28.4 Å². The van der Waals surface area contributed by atoms with Crippen LogP contribution in [-0.2, 0) is 14.3 Å². The van der Waals surface area contributed by atoms with Crippen molar-refractivity contribution in [3.05, 3.63) is 102 Å². The quantitative estimate of drug-likeness (QED) is 0.0923. The summed E-state index contributed by atoms with van der Waals surface area (Å²) in [7, 11) is 1.51. The van der Waals surface area contributed by atoms with Crippen LogP contribution in [0, 0.1) is 5.92 Å². The van der Waals surface area contributed by atoms with Crippen molar-refractivity contribution in [3.63, 3.8) is 0 Å². The number of hydroxylamine groups is 1. The number of amides is 2. The maximum Gasteiger partial charge on any atom is 0.251 e. The lowest BCUT2D eigenvalue weighted by Gasteiger charge is -2.23. The smallest absolute Gasteiger partial charge is 0.251 e. The molecule has 0 saturated heterocycles. The molecule has 0 aliphatic heterocycles. The van der Waals surface area contributed by atoms with Crippen molar-refractivity contribution < 1.29 is 28.7 Å². The number of hydrogen-bond acceptors (Lipinski definition) is 6. The number of fused-ring (bicyclic) bond motifs is 1. The molecule has 4 aromatic rings. The molecule has 4 rings (SSSR count). The Balaban J connectivity index is 1.43. The molecule has 1 heterocycles. The van der Waals surface area contributed by atoms with Gasteiger partial charge >= 0.3 is 0 Å². The lowest BCUT2D eigenvalue weighted by Crippen LogP contribution is -2.42. The third-order valence-corrected chi connectivity index (χ3v) is 6.29. The van der Waals surface area contributed by atoms with Gasteiger partial charge in [-0.3, -0.25) is 14.8 Å². The van der Waals surface area contributed by atoms with E-state index in [2.05, 4.69) is 5.32 Å². The van der Waals surface area contributed by atoms with Crippen molar-refractivity contribution in [2.75, 3.05) is 20.5 Å². The fourth-order valence-corrected chi connectivity index (χ4v) is 4.30. The summed E-state index contributed by atoms with van der Waals surface area (Å²) in [4.78, 5) is 25.5. The molecule has 8 heteroatoms. The van der Waals surface area contributed by atoms with Gasteiger partial charge in [-0.25, -0.2) is 5.48 Å². The van der Waals surface area contributed by atoms with E-state index in [9.17, 15) is 14.8 Å². The summed E-state index contributed by atoms with van der Waals surface area (Å²) in [5, 5.41) is 13.3. The second kappa shape index (κ2) is 14.1. The minimum Gasteiger partial charge on any atom is -0.456 e. The van der Waals surface area contributed by atoms with E-state index in [4.69, 9.17) is 13.9 Å². The number of hydrogen-bond donors (Lipinski definition) is 3. The number of ether oxygens (including phenoxy) is 2. The van der Waals surface area contributed by atoms with E-state index in [1.54, 1.807) is 17.6 Å². The molecule has 39 heavy (non-hydrogen) atoms. The summed E-state index contributed by atoms with van der Waals surface area (Å²) >= 11 is 0. The number of carbonyl (C=O) groups is 2. The fraction of sp³-hybridized carbons (Fsp3) is 0.226. The maximum absolute atomic E-state index is 13.1. The molecule has 3 N–H and O–H groups in total. The fourth-order valence-electron chi connectivity index (χ4n) is 4.30. The Hall–Kier alpha value is -4.24. The molecule has 2 atom stereocenters. The van der Waals surface area contributed by atoms with Crippen molar-refractivity contribution in [2.24, 2.45) is 5.92 Å². The molecule has 0 radical (unpaired) electrons. The first kappa shape index (κ1) is 27.8. The zero-order chi connectivity index (χ0) is 27.5. The molecule has 0 aliphatic carbocycles. The van der Waals surface area contributed by atoms with Gasteiger partial charge in [0.2, 0.25) is 5.91 Å². The predicted octanol–water partition coefficient (Wildman–Crippen LogP) is 5.43. The number of methoxy groups -OCH3 is 1. The highest BCUT2D eigenvalue weighted by molar-refractivity contribution is 5.95. The summed E-state index contributed by atoms with van der Waals surface area (Å²) in [6.07, 6.45) is 4.40. The van der Waals surface area contributed by atoms with Gasteiger partial charge < -0.3 is 19.2 Å². The van der Waals surface area contributed by atoms with E-state index >= 15 is 0 Å². The Kier molecular flexibility index (Phi) is 10.0. The first-order valence-electron chi connectivity index (χ1n) is 12.7. The first-order valence-corrected chi connectivity index (χ1v) is 12.7. The lowest BCUT2D eigenvalue weighted by molar-refractivity contribution is -0.134. The molecule has 0 bridgehead atoms. The summed E-state index contributed by atoms with van der Waals surface area (Å²) in [5.41, 5.74) is 4.85. The van der Waals surface area contributed by atoms with Gasteiger partial charge in [-0.2, -0.15) is 0 Å². The second-order valence-electron chi connectivity index (χ2n) is 9.13. The molecule has 8 nitrogen and oxygen atoms in total. The number of benzene rings is 3. The molecule has 1 aromatic heterocycles. The van der Waals surface area contributed by atoms with Gasteiger partial charge in [-0.1, -0.05) is 72.8 Å². The van der Waals surface area contributed by atoms with Crippen molar-refractivity contribution in [3.8, 4) is 11.3 Å². The second-order valence-corrected chi connectivity index (χ2v) is 9.13. The van der Waals surface area contributed by atoms with Gasteiger partial charge in [0.05, 0.1) is 12.6 Å². The maximum atomic E-state index is 13.1. The number of furan rings is 1. The van der Waals surface area contributed by atoms with Gasteiger partial charge in [-0.15, -0.1) is 0 Å². The molecule has 0 spiro atoms. The molecule has 202 valence electrons. The Morgan fingerprint density at radius 3 is 2.46 bits per heavy atom. The summed E-state index contributed by atoms with van der Waals surface area (Å²) < 4.78 is 16.4. The van der Waals surface area contributed by atoms with Crippen LogP contribution in [0.3, 0.4) is 0 Å². The molecule has 0 saturated carbocycles. The number of rotatable bonds is 13. The average molecular weight is 529 g/mol. The molecule has 2 amide bonds. The van der Waals surface area contributed by atoms with Crippen LogP contribution in [0.4, 0.5) is 0 Å². The average Bonchev–Trinajstić information content (AvgIpc) is 3.41. The largest absolute Gasteiger partial charge is 0.456 e. The number of carbonyl (C=O) groups excluding carboxylic acids is 2. The zero-order valence-electron chi connectivity index (χ0n) is 21.7. The van der Waals surface area contributed by atoms with E-state index < -0.39 is 17.9 Å². The summed E-state index contributed by atoms with van der Waals surface area (Å²) in [5.74, 6) is -0.716. The van der Waals surface area contributed by atoms with Gasteiger partial charge in [-0.05, 0) is 42.7 Å². The van der Waals surface area contributed by atoms with Crippen LogP contribution in [-0.4, -0.2) is 43.6 Å². The van der Waals surface area contributed by atoms with Gasteiger partial charge in [0.25, 0.3) is 5.91 Å². The minimum absolute atomic E-state index is 0.0450. The molecular formula is C31H32N2O6. The van der Waals surface area contributed by atoms with Gasteiger partial charge in [0.1, 0.15) is 18.1 Å². The SMILES string of the molecule is COCOCC(CC(CC=Cc1ccccc1)C(=O)NO)NC(=O)c1ccc(-c2cc3ccccc3o2)cc1. The Labute approximate surface area is 227 Å². The van der Waals surface area contributed by atoms with E-state index in [0.717, 1.165) is 27.9 Å². The van der Waals surface area contributed by atoms with Crippen LogP contribution >= 0.6 is 0 Å². The number of para-hydroxylation sites is 1. The van der Waals surface area contributed by atoms with Crippen molar-refractivity contribution >= 4 is 28.9 Å². The molecule has 0 aliphatic rings. The zero-order valence-corrected chi connectivity index (χ0v) is 21.7. The van der Waals surface area contributed by atoms with E-state index in [0.29, 0.717) is 12.0 Å². The van der Waals surface area contributed by atoms with Crippen LogP contribution in [0.5, 0.6) is 0 Å². The topological polar surface area (TPSA) is 110 Å². The summed E-state index contributed by atoms with van der Waals surface area (Å²) in [6.45, 7) is 0.178. The van der Waals surface area contributed by atoms with Crippen LogP contribution in [0.1, 0.15) is 28.8 Å². The third kappa shape index (κ3) is 7.87. The lowest BCUT2D eigenvalue weighted by atomic mass is 9.95. The highest BCUT2D eigenvalue weighted by Crippen LogP contribution is 2.28. The number of nitrogens with one attached hydrogen (secondary N) is 2. The Morgan fingerprint density at radius 1 is 1.00 bits per heavy atom. The predicted molar refractivity (Wildman–Crippen MR) is 149 cm³/mol. The Morgan fingerprint density at radius 2 is 1.74 bits per heavy atom. The molecule has 3 aromatic carbocycles. The van der Waals surface area contributed by atoms with Crippen LogP contribution in [0.15, 0.2) is 95.4 Å². The van der Waals surface area contributed by atoms with Crippen molar-refractivity contribution in [2.45, 2.75) is 18.9 Å². The molecule has 2 unspecified atom stereocenters. The molecule has 0 fully saturated rings. The monoisotopic (exact) mass is 528 g/mol. The standard InChI is InChI=1S/C31H32N2O6/c1-37-21-38-20-27(18-26(31(35)33-36)12-7-10-22-8-3-2-4-9-22)32-30(34)24-16-14-23(15-17-24)29-19-25-11-5-6-13-28(25)39-29/h2-11,13-17,19,26-27,36H,12,18,20-21H2,1H3,(H,32,34)(H,33,35). The highest BCUT2D eigenvalue weighted by atomic mass is 16.7. The van der Waals surface area contributed by atoms with Crippen molar-refractivity contribution in [1.29, 1.82) is 0 Å². The van der Waals surface area contributed by atoms with E-state index in [-0.39, 0.29) is 25.7 Å². The van der Waals surface area contributed by atoms with E-state index in [1.165, 1.54) is 7.11 Å².